The van der Waals surface area contributed by atoms with E-state index in [1.807, 2.05) is 24.3 Å². The molecule has 0 aliphatic carbocycles. The molecular weight excluding hydrogens is 350 g/mol. The maximum absolute atomic E-state index is 11.2. The monoisotopic (exact) mass is 371 g/mol. The number of rotatable bonds is 7. The van der Waals surface area contributed by atoms with Gasteiger partial charge in [0, 0.05) is 18.7 Å². The molecule has 2 unspecified atom stereocenters. The number of carboxylic acids is 1. The smallest absolute Gasteiger partial charge is 0.306 e. The van der Waals surface area contributed by atoms with Gasteiger partial charge in [0.1, 0.15) is 11.1 Å². The molecule has 1 aliphatic rings. The fourth-order valence-electron chi connectivity index (χ4n) is 2.91. The Labute approximate surface area is 152 Å². The maximum atomic E-state index is 11.2. The van der Waals surface area contributed by atoms with Gasteiger partial charge in [0.2, 0.25) is 0 Å². The van der Waals surface area contributed by atoms with Gasteiger partial charge in [-0.3, -0.25) is 4.79 Å². The minimum Gasteiger partial charge on any atom is -0.481 e. The number of aliphatic carboxylic acids is 1. The molecular formula is C17H22ClNO4S. The molecule has 1 aliphatic heterocycles. The number of carbonyl (C=O) groups is 1. The summed E-state index contributed by atoms with van der Waals surface area (Å²) in [5.41, 5.74) is 1.08. The van der Waals surface area contributed by atoms with Crippen molar-refractivity contribution in [1.29, 1.82) is 0 Å². The third-order valence-corrected chi connectivity index (χ3v) is 4.83. The number of halogens is 1. The van der Waals surface area contributed by atoms with Crippen molar-refractivity contribution in [3.8, 4) is 0 Å². The zero-order valence-corrected chi connectivity index (χ0v) is 15.3. The number of thiocarbonyl (C=S) groups is 1. The van der Waals surface area contributed by atoms with Crippen LogP contribution >= 0.6 is 23.8 Å². The second-order valence-corrected chi connectivity index (χ2v) is 6.63. The number of benzene rings is 1. The first-order chi connectivity index (χ1) is 11.4. The molecule has 1 aromatic carbocycles. The number of nitrogens with zero attached hydrogens (tertiary/aromatic N) is 1. The van der Waals surface area contributed by atoms with Crippen LogP contribution in [0, 0.1) is 0 Å². The Bertz CT molecular complexity index is 598. The van der Waals surface area contributed by atoms with Crippen molar-refractivity contribution in [2.45, 2.75) is 44.6 Å². The Hall–Kier alpha value is -1.21. The predicted octanol–water partition coefficient (Wildman–Crippen LogP) is 3.66. The van der Waals surface area contributed by atoms with Crippen LogP contribution < -0.4 is 0 Å². The van der Waals surface area contributed by atoms with Crippen molar-refractivity contribution >= 4 is 34.8 Å². The fourth-order valence-corrected chi connectivity index (χ4v) is 3.47. The molecule has 0 bridgehead atoms. The summed E-state index contributed by atoms with van der Waals surface area (Å²) >= 11 is 11.7. The van der Waals surface area contributed by atoms with Gasteiger partial charge in [0.05, 0.1) is 12.5 Å². The quantitative estimate of drug-likeness (QED) is 0.583. The van der Waals surface area contributed by atoms with E-state index in [4.69, 9.17) is 38.4 Å². The normalized spacial score (nSPS) is 20.0. The summed E-state index contributed by atoms with van der Waals surface area (Å²) in [6, 6.07) is 7.78. The zero-order valence-electron chi connectivity index (χ0n) is 13.8. The minimum absolute atomic E-state index is 0.0916. The molecule has 0 spiro atoms. The molecule has 1 heterocycles. The lowest BCUT2D eigenvalue weighted by atomic mass is 10.0. The van der Waals surface area contributed by atoms with E-state index in [1.54, 1.807) is 6.92 Å². The Morgan fingerprint density at radius 1 is 1.54 bits per heavy atom. The molecule has 5 nitrogen and oxygen atoms in total. The summed E-state index contributed by atoms with van der Waals surface area (Å²) in [5, 5.41) is 9.84. The Kier molecular flexibility index (Phi) is 6.98. The van der Waals surface area contributed by atoms with Gasteiger partial charge in [0.15, 0.2) is 6.29 Å². The van der Waals surface area contributed by atoms with E-state index in [0.717, 1.165) is 24.9 Å². The highest BCUT2D eigenvalue weighted by atomic mass is 35.5. The average molecular weight is 372 g/mol. The average Bonchev–Trinajstić information content (AvgIpc) is 3.02. The second-order valence-electron chi connectivity index (χ2n) is 5.77. The second kappa shape index (κ2) is 8.76. The summed E-state index contributed by atoms with van der Waals surface area (Å²) in [6.45, 7) is 2.49. The first-order valence-electron chi connectivity index (χ1n) is 7.88. The van der Waals surface area contributed by atoms with E-state index < -0.39 is 18.4 Å². The van der Waals surface area contributed by atoms with Gasteiger partial charge in [-0.15, -0.1) is 0 Å². The lowest BCUT2D eigenvalue weighted by Gasteiger charge is -2.32. The van der Waals surface area contributed by atoms with Crippen LogP contribution in [0.1, 0.15) is 37.8 Å². The van der Waals surface area contributed by atoms with E-state index in [2.05, 4.69) is 4.90 Å². The topological polar surface area (TPSA) is 59.0 Å². The Balaban J connectivity index is 2.18. The zero-order chi connectivity index (χ0) is 17.7. The van der Waals surface area contributed by atoms with Crippen LogP contribution in [0.25, 0.3) is 0 Å². The molecule has 1 N–H and O–H groups in total. The minimum atomic E-state index is -0.954. The van der Waals surface area contributed by atoms with Crippen molar-refractivity contribution in [2.24, 2.45) is 0 Å². The number of methoxy groups -OCH3 is 1. The summed E-state index contributed by atoms with van der Waals surface area (Å²) < 4.78 is 10.8. The molecule has 2 rings (SSSR count). The molecule has 24 heavy (non-hydrogen) atoms. The maximum Gasteiger partial charge on any atom is 0.306 e. The van der Waals surface area contributed by atoms with Gasteiger partial charge in [-0.05, 0) is 37.5 Å². The van der Waals surface area contributed by atoms with E-state index in [1.165, 1.54) is 7.11 Å². The first-order valence-corrected chi connectivity index (χ1v) is 8.67. The number of ether oxygens (including phenoxy) is 2. The van der Waals surface area contributed by atoms with Crippen molar-refractivity contribution < 1.29 is 19.4 Å². The van der Waals surface area contributed by atoms with Gasteiger partial charge >= 0.3 is 5.97 Å². The summed E-state index contributed by atoms with van der Waals surface area (Å²) in [6.07, 6.45) is 0.509. The van der Waals surface area contributed by atoms with Crippen LogP contribution in [0.2, 0.25) is 5.02 Å². The van der Waals surface area contributed by atoms with Gasteiger partial charge in [-0.1, -0.05) is 36.0 Å². The van der Waals surface area contributed by atoms with E-state index >= 15 is 0 Å². The van der Waals surface area contributed by atoms with Gasteiger partial charge in [-0.25, -0.2) is 0 Å². The van der Waals surface area contributed by atoms with Crippen LogP contribution in [-0.2, 0) is 14.3 Å². The van der Waals surface area contributed by atoms with Crippen LogP contribution in [0.5, 0.6) is 0 Å². The van der Waals surface area contributed by atoms with Crippen LogP contribution in [0.15, 0.2) is 24.3 Å². The molecule has 0 radical (unpaired) electrons. The predicted molar refractivity (Wildman–Crippen MR) is 96.3 cm³/mol. The molecule has 7 heteroatoms. The van der Waals surface area contributed by atoms with Crippen molar-refractivity contribution in [3.05, 3.63) is 34.9 Å². The Morgan fingerprint density at radius 2 is 2.29 bits per heavy atom. The SMILES string of the molecule is COC(C)O[C@H](CC(=O)O)C(=S)N1CCCC1c1cccc(Cl)c1. The summed E-state index contributed by atoms with van der Waals surface area (Å²) in [5.74, 6) is -0.954. The van der Waals surface area contributed by atoms with Crippen LogP contribution in [0.3, 0.4) is 0 Å². The van der Waals surface area contributed by atoms with E-state index in [-0.39, 0.29) is 12.5 Å². The highest BCUT2D eigenvalue weighted by Gasteiger charge is 2.33. The third-order valence-electron chi connectivity index (χ3n) is 4.09. The highest BCUT2D eigenvalue weighted by molar-refractivity contribution is 7.80. The largest absolute Gasteiger partial charge is 0.481 e. The van der Waals surface area contributed by atoms with Crippen molar-refractivity contribution in [1.82, 2.24) is 4.90 Å². The van der Waals surface area contributed by atoms with E-state index in [9.17, 15) is 4.79 Å². The van der Waals surface area contributed by atoms with Crippen LogP contribution in [0.4, 0.5) is 0 Å². The third kappa shape index (κ3) is 4.89. The van der Waals surface area contributed by atoms with Gasteiger partial charge < -0.3 is 19.5 Å². The molecule has 0 aromatic heterocycles. The number of hydrogen-bond donors (Lipinski definition) is 1. The summed E-state index contributed by atoms with van der Waals surface area (Å²) in [4.78, 5) is 13.7. The molecule has 1 fully saturated rings. The van der Waals surface area contributed by atoms with Gasteiger partial charge in [0.25, 0.3) is 0 Å². The number of carboxylic acid groups (broad SMARTS) is 1. The molecule has 1 saturated heterocycles. The number of hydrogen-bond acceptors (Lipinski definition) is 4. The molecule has 132 valence electrons. The lowest BCUT2D eigenvalue weighted by Crippen LogP contribution is -2.41. The standard InChI is InChI=1S/C17H22ClNO4S/c1-11(22-2)23-15(10-16(20)21)17(24)19-8-4-7-14(19)12-5-3-6-13(18)9-12/h3,5-6,9,11,14-15H,4,7-8,10H2,1-2H3,(H,20,21)/t11?,14?,15-/m1/s1. The molecule has 3 atom stereocenters. The number of likely N-dealkylation sites (tertiary alicyclic amines) is 1. The lowest BCUT2D eigenvalue weighted by molar-refractivity contribution is -0.150. The highest BCUT2D eigenvalue weighted by Crippen LogP contribution is 2.34. The van der Waals surface area contributed by atoms with Crippen molar-refractivity contribution in [2.75, 3.05) is 13.7 Å². The first kappa shape index (κ1) is 19.1. The van der Waals surface area contributed by atoms with Gasteiger partial charge in [-0.2, -0.15) is 0 Å². The Morgan fingerprint density at radius 3 is 2.92 bits per heavy atom. The fraction of sp³-hybridized carbons (Fsp3) is 0.529. The van der Waals surface area contributed by atoms with E-state index in [0.29, 0.717) is 10.0 Å². The molecule has 0 amide bonds. The molecule has 0 saturated carbocycles. The molecule has 1 aromatic rings. The summed E-state index contributed by atoms with van der Waals surface area (Å²) in [7, 11) is 1.51. The van der Waals surface area contributed by atoms with Crippen LogP contribution in [-0.4, -0.2) is 47.0 Å². The van der Waals surface area contributed by atoms with Crippen molar-refractivity contribution in [3.63, 3.8) is 0 Å².